The topological polar surface area (TPSA) is 49.6 Å². The van der Waals surface area contributed by atoms with E-state index < -0.39 is 0 Å². The highest BCUT2D eigenvalue weighted by Crippen LogP contribution is 2.16. The molecule has 22 heavy (non-hydrogen) atoms. The lowest BCUT2D eigenvalue weighted by molar-refractivity contribution is -0.130. The number of benzene rings is 1. The van der Waals surface area contributed by atoms with E-state index in [0.29, 0.717) is 6.42 Å². The van der Waals surface area contributed by atoms with Gasteiger partial charge in [0, 0.05) is 32.2 Å². The summed E-state index contributed by atoms with van der Waals surface area (Å²) in [5, 5.41) is 4.03. The Bertz CT molecular complexity index is 657. The van der Waals surface area contributed by atoms with Crippen LogP contribution in [0.25, 0.3) is 0 Å². The number of rotatable bonds is 3. The molecular formula is C17H21N3O2. The zero-order valence-corrected chi connectivity index (χ0v) is 13.1. The van der Waals surface area contributed by atoms with Gasteiger partial charge in [-0.25, -0.2) is 0 Å². The Morgan fingerprint density at radius 1 is 1.18 bits per heavy atom. The molecule has 0 spiro atoms. The van der Waals surface area contributed by atoms with E-state index in [1.165, 1.54) is 5.56 Å². The van der Waals surface area contributed by atoms with Crippen LogP contribution in [0.4, 0.5) is 5.82 Å². The predicted molar refractivity (Wildman–Crippen MR) is 84.9 cm³/mol. The Labute approximate surface area is 130 Å². The molecule has 0 unspecified atom stereocenters. The van der Waals surface area contributed by atoms with Crippen LogP contribution in [-0.4, -0.2) is 42.1 Å². The molecule has 0 N–H and O–H groups in total. The summed E-state index contributed by atoms with van der Waals surface area (Å²) >= 11 is 0. The van der Waals surface area contributed by atoms with E-state index in [-0.39, 0.29) is 5.91 Å². The summed E-state index contributed by atoms with van der Waals surface area (Å²) in [4.78, 5) is 16.5. The smallest absolute Gasteiger partial charge is 0.227 e. The Hall–Kier alpha value is -2.30. The molecule has 0 saturated carbocycles. The minimum Gasteiger partial charge on any atom is -0.360 e. The quantitative estimate of drug-likeness (QED) is 0.871. The number of carbonyl (C=O) groups is 1. The largest absolute Gasteiger partial charge is 0.360 e. The predicted octanol–water partition coefficient (Wildman–Crippen LogP) is 2.18. The third-order valence-electron chi connectivity index (χ3n) is 4.01. The normalized spacial score (nSPS) is 15.2. The van der Waals surface area contributed by atoms with E-state index in [4.69, 9.17) is 4.52 Å². The SMILES string of the molecule is Cc1cccc(CC(=O)N2CCN(c3cc(C)on3)CC2)c1. The second-order valence-electron chi connectivity index (χ2n) is 5.83. The van der Waals surface area contributed by atoms with Crippen molar-refractivity contribution in [1.82, 2.24) is 10.1 Å². The van der Waals surface area contributed by atoms with Crippen LogP contribution in [0.5, 0.6) is 0 Å². The van der Waals surface area contributed by atoms with E-state index in [1.54, 1.807) is 0 Å². The fourth-order valence-electron chi connectivity index (χ4n) is 2.80. The first-order valence-electron chi connectivity index (χ1n) is 7.63. The molecule has 0 bridgehead atoms. The number of carbonyl (C=O) groups excluding carboxylic acids is 1. The van der Waals surface area contributed by atoms with Crippen molar-refractivity contribution in [3.05, 3.63) is 47.2 Å². The minimum absolute atomic E-state index is 0.196. The molecule has 5 heteroatoms. The van der Waals surface area contributed by atoms with Gasteiger partial charge in [0.05, 0.1) is 6.42 Å². The average Bonchev–Trinajstić information content (AvgIpc) is 2.94. The van der Waals surface area contributed by atoms with Gasteiger partial charge in [0.15, 0.2) is 5.82 Å². The van der Waals surface area contributed by atoms with Crippen LogP contribution in [0.3, 0.4) is 0 Å². The molecule has 1 fully saturated rings. The molecule has 1 aromatic heterocycles. The summed E-state index contributed by atoms with van der Waals surface area (Å²) in [6.07, 6.45) is 0.477. The lowest BCUT2D eigenvalue weighted by Gasteiger charge is -2.34. The van der Waals surface area contributed by atoms with Gasteiger partial charge in [0.1, 0.15) is 5.76 Å². The fourth-order valence-corrected chi connectivity index (χ4v) is 2.80. The van der Waals surface area contributed by atoms with Crippen molar-refractivity contribution in [3.63, 3.8) is 0 Å². The summed E-state index contributed by atoms with van der Waals surface area (Å²) in [5.41, 5.74) is 2.27. The Balaban J connectivity index is 1.55. The van der Waals surface area contributed by atoms with Crippen LogP contribution in [-0.2, 0) is 11.2 Å². The second kappa shape index (κ2) is 6.22. The number of nitrogens with zero attached hydrogens (tertiary/aromatic N) is 3. The van der Waals surface area contributed by atoms with Crippen LogP contribution < -0.4 is 4.90 Å². The number of anilines is 1. The van der Waals surface area contributed by atoms with Crippen LogP contribution in [0.2, 0.25) is 0 Å². The highest BCUT2D eigenvalue weighted by atomic mass is 16.5. The fraction of sp³-hybridized carbons (Fsp3) is 0.412. The first-order chi connectivity index (χ1) is 10.6. The Morgan fingerprint density at radius 3 is 2.59 bits per heavy atom. The van der Waals surface area contributed by atoms with Crippen molar-refractivity contribution in [2.75, 3.05) is 31.1 Å². The van der Waals surface area contributed by atoms with Gasteiger partial charge in [-0.2, -0.15) is 0 Å². The van der Waals surface area contributed by atoms with Gasteiger partial charge in [0.2, 0.25) is 5.91 Å². The van der Waals surface area contributed by atoms with Crippen LogP contribution in [0.15, 0.2) is 34.9 Å². The van der Waals surface area contributed by atoms with Crippen molar-refractivity contribution in [2.45, 2.75) is 20.3 Å². The molecule has 2 aromatic rings. The molecule has 116 valence electrons. The standard InChI is InChI=1S/C17H21N3O2/c1-13-4-3-5-15(10-13)12-17(21)20-8-6-19(7-9-20)16-11-14(2)22-18-16/h3-5,10-11H,6-9,12H2,1-2H3. The first kappa shape index (κ1) is 14.6. The molecule has 5 nitrogen and oxygen atoms in total. The van der Waals surface area contributed by atoms with Crippen molar-refractivity contribution >= 4 is 11.7 Å². The Morgan fingerprint density at radius 2 is 1.95 bits per heavy atom. The molecule has 1 amide bonds. The van der Waals surface area contributed by atoms with Crippen LogP contribution in [0.1, 0.15) is 16.9 Å². The molecule has 0 atom stereocenters. The maximum atomic E-state index is 12.4. The molecule has 1 aliphatic rings. The zero-order chi connectivity index (χ0) is 15.5. The summed E-state index contributed by atoms with van der Waals surface area (Å²) in [5.74, 6) is 1.87. The number of hydrogen-bond acceptors (Lipinski definition) is 4. The van der Waals surface area contributed by atoms with Gasteiger partial charge < -0.3 is 14.3 Å². The maximum Gasteiger partial charge on any atom is 0.227 e. The average molecular weight is 299 g/mol. The summed E-state index contributed by atoms with van der Waals surface area (Å²) < 4.78 is 5.11. The number of amides is 1. The van der Waals surface area contributed by atoms with Crippen molar-refractivity contribution < 1.29 is 9.32 Å². The van der Waals surface area contributed by atoms with E-state index in [9.17, 15) is 4.79 Å². The number of hydrogen-bond donors (Lipinski definition) is 0. The highest BCUT2D eigenvalue weighted by Gasteiger charge is 2.22. The van der Waals surface area contributed by atoms with Gasteiger partial charge in [0.25, 0.3) is 0 Å². The van der Waals surface area contributed by atoms with Gasteiger partial charge in [-0.15, -0.1) is 0 Å². The summed E-state index contributed by atoms with van der Waals surface area (Å²) in [6.45, 7) is 6.99. The molecule has 1 saturated heterocycles. The molecule has 2 heterocycles. The third kappa shape index (κ3) is 3.30. The Kier molecular flexibility index (Phi) is 4.13. The minimum atomic E-state index is 0.196. The van der Waals surface area contributed by atoms with Gasteiger partial charge in [-0.1, -0.05) is 35.0 Å². The number of piperazine rings is 1. The number of aryl methyl sites for hydroxylation is 2. The van der Waals surface area contributed by atoms with E-state index in [2.05, 4.69) is 16.1 Å². The molecule has 0 radical (unpaired) electrons. The molecule has 0 aliphatic carbocycles. The zero-order valence-electron chi connectivity index (χ0n) is 13.1. The lowest BCUT2D eigenvalue weighted by atomic mass is 10.1. The van der Waals surface area contributed by atoms with Gasteiger partial charge in [-0.3, -0.25) is 4.79 Å². The van der Waals surface area contributed by atoms with Crippen LogP contribution in [0, 0.1) is 13.8 Å². The lowest BCUT2D eigenvalue weighted by Crippen LogP contribution is -2.49. The second-order valence-corrected chi connectivity index (χ2v) is 5.83. The highest BCUT2D eigenvalue weighted by molar-refractivity contribution is 5.79. The first-order valence-corrected chi connectivity index (χ1v) is 7.63. The monoisotopic (exact) mass is 299 g/mol. The van der Waals surface area contributed by atoms with E-state index >= 15 is 0 Å². The molecule has 3 rings (SSSR count). The van der Waals surface area contributed by atoms with E-state index in [0.717, 1.165) is 43.3 Å². The summed E-state index contributed by atoms with van der Waals surface area (Å²) in [6, 6.07) is 10.1. The molecular weight excluding hydrogens is 278 g/mol. The van der Waals surface area contributed by atoms with Gasteiger partial charge >= 0.3 is 0 Å². The van der Waals surface area contributed by atoms with Crippen molar-refractivity contribution in [2.24, 2.45) is 0 Å². The molecule has 1 aliphatic heterocycles. The maximum absolute atomic E-state index is 12.4. The number of aromatic nitrogens is 1. The van der Waals surface area contributed by atoms with E-state index in [1.807, 2.05) is 43.0 Å². The van der Waals surface area contributed by atoms with Crippen LogP contribution >= 0.6 is 0 Å². The van der Waals surface area contributed by atoms with Crippen molar-refractivity contribution in [1.29, 1.82) is 0 Å². The summed E-state index contributed by atoms with van der Waals surface area (Å²) in [7, 11) is 0. The van der Waals surface area contributed by atoms with Gasteiger partial charge in [-0.05, 0) is 19.4 Å². The van der Waals surface area contributed by atoms with Crippen molar-refractivity contribution in [3.8, 4) is 0 Å². The third-order valence-corrected chi connectivity index (χ3v) is 4.01. The molecule has 1 aromatic carbocycles.